The summed E-state index contributed by atoms with van der Waals surface area (Å²) in [5.41, 5.74) is 3.91. The van der Waals surface area contributed by atoms with Crippen LogP contribution in [0.15, 0.2) is 24.4 Å². The Bertz CT molecular complexity index is 730. The first-order valence-corrected chi connectivity index (χ1v) is 9.20. The van der Waals surface area contributed by atoms with Crippen LogP contribution in [0.4, 0.5) is 0 Å². The summed E-state index contributed by atoms with van der Waals surface area (Å²) in [6.07, 6.45) is 8.28. The maximum absolute atomic E-state index is 12.3. The Morgan fingerprint density at radius 2 is 2.17 bits per heavy atom. The first kappa shape index (κ1) is 15.7. The highest BCUT2D eigenvalue weighted by molar-refractivity contribution is 5.84. The summed E-state index contributed by atoms with van der Waals surface area (Å²) in [6, 6.07) is 6.85. The molecule has 4 heteroatoms. The number of amides is 1. The van der Waals surface area contributed by atoms with Crippen LogP contribution in [0.25, 0.3) is 10.9 Å². The van der Waals surface area contributed by atoms with Crippen LogP contribution in [0.3, 0.4) is 0 Å². The van der Waals surface area contributed by atoms with Crippen LogP contribution >= 0.6 is 0 Å². The Kier molecular flexibility index (Phi) is 4.31. The van der Waals surface area contributed by atoms with E-state index in [2.05, 4.69) is 41.6 Å². The molecule has 3 atom stereocenters. The molecule has 1 aromatic carbocycles. The molecule has 4 nitrogen and oxygen atoms in total. The van der Waals surface area contributed by atoms with E-state index in [1.165, 1.54) is 34.9 Å². The smallest absolute Gasteiger partial charge is 0.249 e. The minimum Gasteiger partial charge on any atom is -0.368 e. The van der Waals surface area contributed by atoms with Gasteiger partial charge in [-0.3, -0.25) is 4.79 Å². The van der Waals surface area contributed by atoms with Crippen LogP contribution in [-0.4, -0.2) is 29.6 Å². The van der Waals surface area contributed by atoms with Crippen LogP contribution in [0.1, 0.15) is 55.6 Å². The number of rotatable bonds is 3. The van der Waals surface area contributed by atoms with Crippen molar-refractivity contribution in [2.45, 2.75) is 63.5 Å². The first-order chi connectivity index (χ1) is 11.7. The van der Waals surface area contributed by atoms with E-state index in [0.29, 0.717) is 5.92 Å². The topological polar surface area (TPSA) is 54.1 Å². The molecule has 1 amide bonds. The maximum atomic E-state index is 12.3. The van der Waals surface area contributed by atoms with Gasteiger partial charge in [0.2, 0.25) is 5.91 Å². The Morgan fingerprint density at radius 3 is 3.00 bits per heavy atom. The van der Waals surface area contributed by atoms with Crippen LogP contribution in [-0.2, 0) is 9.53 Å². The molecule has 24 heavy (non-hydrogen) atoms. The fourth-order valence-electron chi connectivity index (χ4n) is 4.28. The van der Waals surface area contributed by atoms with Crippen LogP contribution < -0.4 is 5.32 Å². The highest BCUT2D eigenvalue weighted by Crippen LogP contribution is 2.37. The molecule has 2 aromatic rings. The highest BCUT2D eigenvalue weighted by Gasteiger charge is 2.29. The molecule has 1 saturated carbocycles. The third-order valence-corrected chi connectivity index (χ3v) is 5.55. The Hall–Kier alpha value is -1.81. The summed E-state index contributed by atoms with van der Waals surface area (Å²) in [5, 5.41) is 4.58. The fraction of sp³-hybridized carbons (Fsp3) is 0.550. The lowest BCUT2D eigenvalue weighted by atomic mass is 9.81. The van der Waals surface area contributed by atoms with Crippen molar-refractivity contribution in [1.82, 2.24) is 10.3 Å². The molecule has 2 N–H and O–H groups in total. The van der Waals surface area contributed by atoms with Gasteiger partial charge in [0.05, 0.1) is 0 Å². The van der Waals surface area contributed by atoms with Crippen LogP contribution in [0.5, 0.6) is 0 Å². The van der Waals surface area contributed by atoms with Crippen LogP contribution in [0, 0.1) is 6.92 Å². The second-order valence-corrected chi connectivity index (χ2v) is 7.36. The zero-order valence-corrected chi connectivity index (χ0v) is 14.3. The van der Waals surface area contributed by atoms with Gasteiger partial charge >= 0.3 is 0 Å². The van der Waals surface area contributed by atoms with Crippen molar-refractivity contribution in [3.05, 3.63) is 35.5 Å². The Labute approximate surface area is 143 Å². The molecule has 2 heterocycles. The highest BCUT2D eigenvalue weighted by atomic mass is 16.5. The molecule has 2 fully saturated rings. The second kappa shape index (κ2) is 6.60. The van der Waals surface area contributed by atoms with Crippen LogP contribution in [0.2, 0.25) is 0 Å². The van der Waals surface area contributed by atoms with Gasteiger partial charge in [-0.2, -0.15) is 0 Å². The lowest BCUT2D eigenvalue weighted by Gasteiger charge is -2.30. The Morgan fingerprint density at radius 1 is 1.25 bits per heavy atom. The number of aromatic amines is 1. The lowest BCUT2D eigenvalue weighted by molar-refractivity contribution is -0.131. The van der Waals surface area contributed by atoms with E-state index in [0.717, 1.165) is 32.3 Å². The largest absolute Gasteiger partial charge is 0.368 e. The SMILES string of the molecule is Cc1ccc2[nH]cc([C@@H]3CCC[C@@H](NC(=O)[C@@H]4CCCO4)C3)c2c1. The standard InChI is InChI=1S/C20H26N2O2/c1-13-7-8-18-16(10-13)17(12-21-18)14-4-2-5-15(11-14)22-20(23)19-6-3-9-24-19/h7-8,10,12,14-15,19,21H,2-6,9,11H2,1H3,(H,22,23)/t14-,15-,19+/m1/s1. The van der Waals surface area contributed by atoms with Gasteiger partial charge in [-0.05, 0) is 62.6 Å². The van der Waals surface area contributed by atoms with Crippen molar-refractivity contribution in [2.24, 2.45) is 0 Å². The number of hydrogen-bond donors (Lipinski definition) is 2. The molecule has 1 aromatic heterocycles. The van der Waals surface area contributed by atoms with E-state index >= 15 is 0 Å². The molecule has 0 radical (unpaired) electrons. The van der Waals surface area contributed by atoms with E-state index in [4.69, 9.17) is 4.74 Å². The minimum atomic E-state index is -0.221. The molecular formula is C20H26N2O2. The van der Waals surface area contributed by atoms with E-state index in [9.17, 15) is 4.79 Å². The van der Waals surface area contributed by atoms with E-state index in [-0.39, 0.29) is 18.1 Å². The summed E-state index contributed by atoms with van der Waals surface area (Å²) in [7, 11) is 0. The van der Waals surface area contributed by atoms with Crippen molar-refractivity contribution in [2.75, 3.05) is 6.61 Å². The molecule has 0 spiro atoms. The zero-order chi connectivity index (χ0) is 16.5. The van der Waals surface area contributed by atoms with Gasteiger partial charge in [0.1, 0.15) is 6.10 Å². The Balaban J connectivity index is 1.47. The van der Waals surface area contributed by atoms with Crippen molar-refractivity contribution < 1.29 is 9.53 Å². The van der Waals surface area contributed by atoms with Gasteiger partial charge in [0.15, 0.2) is 0 Å². The molecule has 0 bridgehead atoms. The van der Waals surface area contributed by atoms with Gasteiger partial charge < -0.3 is 15.0 Å². The molecule has 2 aliphatic rings. The number of carbonyl (C=O) groups is 1. The molecule has 0 unspecified atom stereocenters. The van der Waals surface area contributed by atoms with Gasteiger partial charge in [-0.1, -0.05) is 18.1 Å². The number of benzene rings is 1. The number of H-pyrrole nitrogens is 1. The average molecular weight is 326 g/mol. The van der Waals surface area contributed by atoms with E-state index in [1.54, 1.807) is 0 Å². The van der Waals surface area contributed by atoms with Gasteiger partial charge in [-0.25, -0.2) is 0 Å². The van der Waals surface area contributed by atoms with Crippen molar-refractivity contribution in [1.29, 1.82) is 0 Å². The quantitative estimate of drug-likeness (QED) is 0.901. The van der Waals surface area contributed by atoms with E-state index in [1.807, 2.05) is 0 Å². The maximum Gasteiger partial charge on any atom is 0.249 e. The number of carbonyl (C=O) groups excluding carboxylic acids is 1. The molecule has 1 aliphatic heterocycles. The summed E-state index contributed by atoms with van der Waals surface area (Å²) < 4.78 is 5.51. The molecular weight excluding hydrogens is 300 g/mol. The molecule has 4 rings (SSSR count). The van der Waals surface area contributed by atoms with E-state index < -0.39 is 0 Å². The number of nitrogens with one attached hydrogen (secondary N) is 2. The molecule has 128 valence electrons. The van der Waals surface area contributed by atoms with Gasteiger partial charge in [0.25, 0.3) is 0 Å². The van der Waals surface area contributed by atoms with Crippen molar-refractivity contribution in [3.63, 3.8) is 0 Å². The normalized spacial score (nSPS) is 27.5. The fourth-order valence-corrected chi connectivity index (χ4v) is 4.28. The van der Waals surface area contributed by atoms with Gasteiger partial charge in [-0.15, -0.1) is 0 Å². The summed E-state index contributed by atoms with van der Waals surface area (Å²) in [6.45, 7) is 2.86. The van der Waals surface area contributed by atoms with Crippen molar-refractivity contribution >= 4 is 16.8 Å². The summed E-state index contributed by atoms with van der Waals surface area (Å²) in [4.78, 5) is 15.7. The third kappa shape index (κ3) is 3.07. The molecule has 1 saturated heterocycles. The van der Waals surface area contributed by atoms with Crippen molar-refractivity contribution in [3.8, 4) is 0 Å². The summed E-state index contributed by atoms with van der Waals surface area (Å²) in [5.74, 6) is 0.608. The predicted octanol–water partition coefficient (Wildman–Crippen LogP) is 3.80. The first-order valence-electron chi connectivity index (χ1n) is 9.20. The third-order valence-electron chi connectivity index (χ3n) is 5.55. The number of fused-ring (bicyclic) bond motifs is 1. The second-order valence-electron chi connectivity index (χ2n) is 7.36. The zero-order valence-electron chi connectivity index (χ0n) is 14.3. The number of hydrogen-bond acceptors (Lipinski definition) is 2. The monoisotopic (exact) mass is 326 g/mol. The number of ether oxygens (including phenoxy) is 1. The number of aromatic nitrogens is 1. The average Bonchev–Trinajstić information content (AvgIpc) is 3.24. The predicted molar refractivity (Wildman–Crippen MR) is 95.1 cm³/mol. The summed E-state index contributed by atoms with van der Waals surface area (Å²) >= 11 is 0. The lowest BCUT2D eigenvalue weighted by Crippen LogP contribution is -2.43. The molecule has 1 aliphatic carbocycles. The number of aryl methyl sites for hydroxylation is 1. The van der Waals surface area contributed by atoms with Gasteiger partial charge in [0, 0.05) is 29.7 Å². The minimum absolute atomic E-state index is 0.0907.